The number of ketones is 1. The third kappa shape index (κ3) is 1.97. The van der Waals surface area contributed by atoms with Gasteiger partial charge in [-0.05, 0) is 73.0 Å². The van der Waals surface area contributed by atoms with Gasteiger partial charge in [-0.15, -0.1) is 0 Å². The molecule has 0 heterocycles. The minimum absolute atomic E-state index is 0.136. The van der Waals surface area contributed by atoms with E-state index in [0.29, 0.717) is 35.9 Å². The van der Waals surface area contributed by atoms with Crippen molar-refractivity contribution < 1.29 is 15.0 Å². The summed E-state index contributed by atoms with van der Waals surface area (Å²) in [7, 11) is 0. The molecule has 4 aliphatic rings. The Morgan fingerprint density at radius 2 is 1.82 bits per heavy atom. The molecule has 124 valence electrons. The van der Waals surface area contributed by atoms with E-state index in [4.69, 9.17) is 0 Å². The lowest BCUT2D eigenvalue weighted by molar-refractivity contribution is -0.168. The van der Waals surface area contributed by atoms with Crippen LogP contribution in [0.2, 0.25) is 0 Å². The second kappa shape index (κ2) is 4.80. The Kier molecular flexibility index (Phi) is 3.30. The lowest BCUT2D eigenvalue weighted by Gasteiger charge is -2.61. The molecule has 0 unspecified atom stereocenters. The van der Waals surface area contributed by atoms with E-state index < -0.39 is 0 Å². The topological polar surface area (TPSA) is 57.5 Å². The Bertz CT molecular complexity index is 489. The molecule has 3 nitrogen and oxygen atoms in total. The van der Waals surface area contributed by atoms with E-state index in [2.05, 4.69) is 13.8 Å². The fourth-order valence-electron chi connectivity index (χ4n) is 6.98. The molecule has 0 saturated heterocycles. The van der Waals surface area contributed by atoms with Crippen molar-refractivity contribution in [3.8, 4) is 0 Å². The highest BCUT2D eigenvalue weighted by molar-refractivity contribution is 5.82. The van der Waals surface area contributed by atoms with Crippen LogP contribution in [-0.2, 0) is 4.79 Å². The first-order valence-electron chi connectivity index (χ1n) is 9.21. The monoisotopic (exact) mass is 306 g/mol. The van der Waals surface area contributed by atoms with Crippen molar-refractivity contribution in [1.82, 2.24) is 0 Å². The molecule has 0 amide bonds. The molecule has 0 aliphatic heterocycles. The standard InChI is InChI=1S/C19H30O3/c1-18-5-4-14-17(15(18)9-13(21)10-18)16(22)8-11-7-12(20)3-6-19(11,14)2/h11-12,14-17,20,22H,3-10H2,1-2H3/t11-,12+,14+,15+,16-,17-,18-,19+/m1/s1. The molecule has 0 aromatic carbocycles. The van der Waals surface area contributed by atoms with Gasteiger partial charge in [0.1, 0.15) is 5.78 Å². The molecule has 4 rings (SSSR count). The Labute approximate surface area is 133 Å². The molecular weight excluding hydrogens is 276 g/mol. The lowest BCUT2D eigenvalue weighted by atomic mass is 9.44. The molecule has 2 N–H and O–H groups in total. The zero-order chi connectivity index (χ0) is 15.7. The van der Waals surface area contributed by atoms with Crippen molar-refractivity contribution in [2.45, 2.75) is 77.4 Å². The maximum absolute atomic E-state index is 12.1. The summed E-state index contributed by atoms with van der Waals surface area (Å²) in [6.07, 6.45) is 6.95. The number of aliphatic hydroxyl groups excluding tert-OH is 2. The highest BCUT2D eigenvalue weighted by Crippen LogP contribution is 2.65. The molecule has 4 aliphatic carbocycles. The van der Waals surface area contributed by atoms with Crippen molar-refractivity contribution in [2.75, 3.05) is 0 Å². The van der Waals surface area contributed by atoms with Gasteiger partial charge >= 0.3 is 0 Å². The molecule has 0 aromatic heterocycles. The van der Waals surface area contributed by atoms with Gasteiger partial charge in [-0.2, -0.15) is 0 Å². The number of carbonyl (C=O) groups is 1. The fourth-order valence-corrected chi connectivity index (χ4v) is 6.98. The Morgan fingerprint density at radius 3 is 2.59 bits per heavy atom. The maximum atomic E-state index is 12.1. The summed E-state index contributed by atoms with van der Waals surface area (Å²) < 4.78 is 0. The highest BCUT2D eigenvalue weighted by atomic mass is 16.3. The van der Waals surface area contributed by atoms with Crippen LogP contribution in [0.1, 0.15) is 65.2 Å². The molecule has 0 bridgehead atoms. The van der Waals surface area contributed by atoms with Crippen molar-refractivity contribution in [3.63, 3.8) is 0 Å². The van der Waals surface area contributed by atoms with Gasteiger partial charge in [0.05, 0.1) is 12.2 Å². The van der Waals surface area contributed by atoms with Crippen LogP contribution in [0.25, 0.3) is 0 Å². The van der Waals surface area contributed by atoms with Gasteiger partial charge in [0.15, 0.2) is 0 Å². The maximum Gasteiger partial charge on any atom is 0.133 e. The van der Waals surface area contributed by atoms with Crippen molar-refractivity contribution >= 4 is 5.78 Å². The molecule has 22 heavy (non-hydrogen) atoms. The molecular formula is C19H30O3. The third-order valence-electron chi connectivity index (χ3n) is 8.22. The number of hydrogen-bond donors (Lipinski definition) is 2. The Morgan fingerprint density at radius 1 is 1.05 bits per heavy atom. The highest BCUT2D eigenvalue weighted by Gasteiger charge is 2.61. The number of aliphatic hydroxyl groups is 2. The molecule has 0 spiro atoms. The second-order valence-corrected chi connectivity index (χ2v) is 9.34. The molecule has 4 saturated carbocycles. The Hall–Kier alpha value is -0.410. The number of Topliss-reactive ketones (excluding diaryl/α,β-unsaturated/α-hetero) is 1. The number of fused-ring (bicyclic) bond motifs is 5. The average molecular weight is 306 g/mol. The van der Waals surface area contributed by atoms with E-state index in [1.54, 1.807) is 0 Å². The van der Waals surface area contributed by atoms with Crippen LogP contribution in [0, 0.1) is 34.5 Å². The summed E-state index contributed by atoms with van der Waals surface area (Å²) in [6, 6.07) is 0. The van der Waals surface area contributed by atoms with Crippen molar-refractivity contribution in [2.24, 2.45) is 34.5 Å². The minimum atomic E-state index is -0.274. The summed E-state index contributed by atoms with van der Waals surface area (Å²) in [4.78, 5) is 12.1. The van der Waals surface area contributed by atoms with Gasteiger partial charge in [0.25, 0.3) is 0 Å². The van der Waals surface area contributed by atoms with Crippen LogP contribution < -0.4 is 0 Å². The van der Waals surface area contributed by atoms with E-state index in [-0.39, 0.29) is 23.0 Å². The average Bonchev–Trinajstić information content (AvgIpc) is 2.75. The summed E-state index contributed by atoms with van der Waals surface area (Å²) in [5.74, 6) is 2.10. The van der Waals surface area contributed by atoms with Crippen LogP contribution in [-0.4, -0.2) is 28.2 Å². The molecule has 8 atom stereocenters. The summed E-state index contributed by atoms with van der Waals surface area (Å²) >= 11 is 0. The van der Waals surface area contributed by atoms with Crippen molar-refractivity contribution in [3.05, 3.63) is 0 Å². The first-order valence-corrected chi connectivity index (χ1v) is 9.21. The summed E-state index contributed by atoms with van der Waals surface area (Å²) in [6.45, 7) is 4.69. The van der Waals surface area contributed by atoms with Gasteiger partial charge in [0.2, 0.25) is 0 Å². The second-order valence-electron chi connectivity index (χ2n) is 9.34. The molecule has 4 fully saturated rings. The number of hydrogen-bond acceptors (Lipinski definition) is 3. The van der Waals surface area contributed by atoms with E-state index >= 15 is 0 Å². The number of carbonyl (C=O) groups excluding carboxylic acids is 1. The quantitative estimate of drug-likeness (QED) is 0.723. The third-order valence-corrected chi connectivity index (χ3v) is 8.22. The molecule has 0 radical (unpaired) electrons. The normalized spacial score (nSPS) is 57.9. The van der Waals surface area contributed by atoms with Gasteiger partial charge < -0.3 is 10.2 Å². The summed E-state index contributed by atoms with van der Waals surface area (Å²) in [5.41, 5.74) is 0.396. The number of rotatable bonds is 0. The molecule has 0 aromatic rings. The lowest BCUT2D eigenvalue weighted by Crippen LogP contribution is -2.57. The smallest absolute Gasteiger partial charge is 0.133 e. The van der Waals surface area contributed by atoms with Crippen LogP contribution in [0.3, 0.4) is 0 Å². The predicted octanol–water partition coefficient (Wildman–Crippen LogP) is 2.93. The predicted molar refractivity (Wildman–Crippen MR) is 84.1 cm³/mol. The van der Waals surface area contributed by atoms with E-state index in [0.717, 1.165) is 44.9 Å². The van der Waals surface area contributed by atoms with E-state index in [1.807, 2.05) is 0 Å². The van der Waals surface area contributed by atoms with Gasteiger partial charge in [-0.25, -0.2) is 0 Å². The Balaban J connectivity index is 1.68. The van der Waals surface area contributed by atoms with Gasteiger partial charge in [-0.3, -0.25) is 4.79 Å². The van der Waals surface area contributed by atoms with Crippen molar-refractivity contribution in [1.29, 1.82) is 0 Å². The SMILES string of the molecule is C[C@]12CC[C@H]3[C@@H]([C@H](O)C[C@H]4C[C@@H](O)CC[C@@]43C)[C@@H]1CC(=O)C2. The van der Waals surface area contributed by atoms with Gasteiger partial charge in [0, 0.05) is 12.8 Å². The largest absolute Gasteiger partial charge is 0.393 e. The van der Waals surface area contributed by atoms with Gasteiger partial charge in [-0.1, -0.05) is 13.8 Å². The molecule has 3 heteroatoms. The van der Waals surface area contributed by atoms with Crippen LogP contribution in [0.4, 0.5) is 0 Å². The first kappa shape index (κ1) is 15.1. The first-order chi connectivity index (χ1) is 10.3. The van der Waals surface area contributed by atoms with E-state index in [1.165, 1.54) is 0 Å². The van der Waals surface area contributed by atoms with Crippen LogP contribution in [0.5, 0.6) is 0 Å². The van der Waals surface area contributed by atoms with Crippen LogP contribution in [0.15, 0.2) is 0 Å². The fraction of sp³-hybridized carbons (Fsp3) is 0.947. The van der Waals surface area contributed by atoms with E-state index in [9.17, 15) is 15.0 Å². The zero-order valence-corrected chi connectivity index (χ0v) is 13.9. The minimum Gasteiger partial charge on any atom is -0.393 e. The zero-order valence-electron chi connectivity index (χ0n) is 13.9. The summed E-state index contributed by atoms with van der Waals surface area (Å²) in [5, 5.41) is 20.9. The van der Waals surface area contributed by atoms with Crippen LogP contribution >= 0.6 is 0 Å².